The highest BCUT2D eigenvalue weighted by molar-refractivity contribution is 7.16. The Bertz CT molecular complexity index is 955. The molecule has 0 aliphatic rings. The third-order valence-electron chi connectivity index (χ3n) is 3.59. The van der Waals surface area contributed by atoms with E-state index in [9.17, 15) is 9.59 Å². The van der Waals surface area contributed by atoms with Gasteiger partial charge < -0.3 is 10.1 Å². The van der Waals surface area contributed by atoms with Crippen molar-refractivity contribution in [3.8, 4) is 5.75 Å². The topological polar surface area (TPSA) is 60.3 Å². The van der Waals surface area contributed by atoms with Crippen LogP contribution in [-0.2, 0) is 6.54 Å². The fourth-order valence-corrected chi connectivity index (χ4v) is 3.33. The molecule has 1 N–H and O–H groups in total. The van der Waals surface area contributed by atoms with Crippen LogP contribution in [0.2, 0.25) is 0 Å². The van der Waals surface area contributed by atoms with E-state index in [0.717, 1.165) is 21.6 Å². The fraction of sp³-hybridized carbons (Fsp3) is 0.111. The summed E-state index contributed by atoms with van der Waals surface area (Å²) < 4.78 is 7.56. The molecule has 1 amide bonds. The number of hydrogen-bond acceptors (Lipinski definition) is 4. The molecule has 0 unspecified atom stereocenters. The standard InChI is InChI=1S/C18H16N2O3S/c1-3-10-20-15-9-6-13(11-16(15)24-18(20)22)19-17(21)12-4-7-14(23-2)8-5-12/h3-9,11H,1,10H2,2H3,(H,19,21). The zero-order chi connectivity index (χ0) is 17.1. The Morgan fingerprint density at radius 3 is 2.71 bits per heavy atom. The summed E-state index contributed by atoms with van der Waals surface area (Å²) in [4.78, 5) is 24.2. The summed E-state index contributed by atoms with van der Waals surface area (Å²) in [7, 11) is 1.58. The molecule has 1 aromatic heterocycles. The molecular weight excluding hydrogens is 324 g/mol. The number of allylic oxidation sites excluding steroid dienone is 1. The van der Waals surface area contributed by atoms with Gasteiger partial charge in [-0.15, -0.1) is 6.58 Å². The van der Waals surface area contributed by atoms with Crippen LogP contribution in [-0.4, -0.2) is 17.6 Å². The number of aromatic nitrogens is 1. The maximum absolute atomic E-state index is 12.3. The number of benzene rings is 2. The first-order valence-corrected chi connectivity index (χ1v) is 8.13. The summed E-state index contributed by atoms with van der Waals surface area (Å²) in [6, 6.07) is 12.3. The number of carbonyl (C=O) groups is 1. The van der Waals surface area contributed by atoms with E-state index in [2.05, 4.69) is 11.9 Å². The molecule has 0 aliphatic heterocycles. The van der Waals surface area contributed by atoms with Gasteiger partial charge in [-0.3, -0.25) is 14.2 Å². The van der Waals surface area contributed by atoms with Crippen molar-refractivity contribution in [2.75, 3.05) is 12.4 Å². The number of rotatable bonds is 5. The lowest BCUT2D eigenvalue weighted by Gasteiger charge is -2.07. The largest absolute Gasteiger partial charge is 0.497 e. The number of amides is 1. The number of nitrogens with one attached hydrogen (secondary N) is 1. The smallest absolute Gasteiger partial charge is 0.308 e. The van der Waals surface area contributed by atoms with Crippen molar-refractivity contribution in [2.24, 2.45) is 0 Å². The minimum atomic E-state index is -0.213. The van der Waals surface area contributed by atoms with Crippen molar-refractivity contribution in [1.29, 1.82) is 0 Å². The first-order chi connectivity index (χ1) is 11.6. The number of nitrogens with zero attached hydrogens (tertiary/aromatic N) is 1. The third-order valence-corrected chi connectivity index (χ3v) is 4.53. The molecule has 0 fully saturated rings. The Kier molecular flexibility index (Phi) is 4.48. The van der Waals surface area contributed by atoms with E-state index in [-0.39, 0.29) is 10.8 Å². The van der Waals surface area contributed by atoms with E-state index in [1.165, 1.54) is 0 Å². The zero-order valence-corrected chi connectivity index (χ0v) is 13.9. The van der Waals surface area contributed by atoms with Gasteiger partial charge in [0.2, 0.25) is 0 Å². The molecule has 0 radical (unpaired) electrons. The molecule has 0 spiro atoms. The van der Waals surface area contributed by atoms with E-state index in [4.69, 9.17) is 4.74 Å². The van der Waals surface area contributed by atoms with E-state index in [0.29, 0.717) is 23.5 Å². The minimum absolute atomic E-state index is 0.0384. The van der Waals surface area contributed by atoms with Crippen LogP contribution in [0.5, 0.6) is 5.75 Å². The van der Waals surface area contributed by atoms with Gasteiger partial charge in [0.05, 0.1) is 17.3 Å². The molecule has 3 aromatic rings. The van der Waals surface area contributed by atoms with Crippen LogP contribution in [0, 0.1) is 0 Å². The van der Waals surface area contributed by atoms with Crippen molar-refractivity contribution in [1.82, 2.24) is 4.57 Å². The molecular formula is C18H16N2O3S. The van der Waals surface area contributed by atoms with Crippen LogP contribution in [0.4, 0.5) is 5.69 Å². The highest BCUT2D eigenvalue weighted by atomic mass is 32.1. The van der Waals surface area contributed by atoms with Gasteiger partial charge in [-0.2, -0.15) is 0 Å². The molecule has 5 nitrogen and oxygen atoms in total. The first-order valence-electron chi connectivity index (χ1n) is 7.32. The summed E-state index contributed by atoms with van der Waals surface area (Å²) in [5.74, 6) is 0.483. The fourth-order valence-electron chi connectivity index (χ4n) is 2.39. The maximum Gasteiger partial charge on any atom is 0.308 e. The number of methoxy groups -OCH3 is 1. The van der Waals surface area contributed by atoms with Gasteiger partial charge in [-0.05, 0) is 42.5 Å². The second-order valence-electron chi connectivity index (χ2n) is 5.13. The normalized spacial score (nSPS) is 10.5. The lowest BCUT2D eigenvalue weighted by atomic mass is 10.2. The van der Waals surface area contributed by atoms with E-state index in [1.54, 1.807) is 48.1 Å². The van der Waals surface area contributed by atoms with Crippen LogP contribution in [0.3, 0.4) is 0 Å². The Balaban J connectivity index is 1.85. The summed E-state index contributed by atoms with van der Waals surface area (Å²) in [5, 5.41) is 2.84. The quantitative estimate of drug-likeness (QED) is 0.723. The van der Waals surface area contributed by atoms with Crippen molar-refractivity contribution in [2.45, 2.75) is 6.54 Å². The van der Waals surface area contributed by atoms with Crippen LogP contribution in [0.1, 0.15) is 10.4 Å². The Labute approximate surface area is 142 Å². The average Bonchev–Trinajstić information content (AvgIpc) is 2.90. The Morgan fingerprint density at radius 1 is 1.29 bits per heavy atom. The maximum atomic E-state index is 12.3. The molecule has 0 bridgehead atoms. The molecule has 6 heteroatoms. The van der Waals surface area contributed by atoms with Gasteiger partial charge in [0.1, 0.15) is 5.75 Å². The number of carbonyl (C=O) groups excluding carboxylic acids is 1. The van der Waals surface area contributed by atoms with E-state index < -0.39 is 0 Å². The number of hydrogen-bond donors (Lipinski definition) is 1. The van der Waals surface area contributed by atoms with Gasteiger partial charge in [0.25, 0.3) is 5.91 Å². The number of thiazole rings is 1. The van der Waals surface area contributed by atoms with Gasteiger partial charge in [-0.1, -0.05) is 17.4 Å². The van der Waals surface area contributed by atoms with Crippen LogP contribution >= 0.6 is 11.3 Å². The third kappa shape index (κ3) is 3.09. The van der Waals surface area contributed by atoms with Crippen LogP contribution < -0.4 is 14.9 Å². The van der Waals surface area contributed by atoms with Gasteiger partial charge in [0, 0.05) is 17.8 Å². The van der Waals surface area contributed by atoms with Crippen LogP contribution in [0.15, 0.2) is 59.9 Å². The molecule has 3 rings (SSSR count). The first kappa shape index (κ1) is 16.0. The van der Waals surface area contributed by atoms with E-state index in [1.807, 2.05) is 12.1 Å². The summed E-state index contributed by atoms with van der Waals surface area (Å²) in [6.45, 7) is 4.13. The lowest BCUT2D eigenvalue weighted by molar-refractivity contribution is 0.102. The molecule has 0 saturated carbocycles. The predicted molar refractivity (Wildman–Crippen MR) is 97.2 cm³/mol. The van der Waals surface area contributed by atoms with Crippen LogP contribution in [0.25, 0.3) is 10.2 Å². The minimum Gasteiger partial charge on any atom is -0.497 e. The average molecular weight is 340 g/mol. The van der Waals surface area contributed by atoms with Crippen molar-refractivity contribution in [3.05, 3.63) is 70.4 Å². The van der Waals surface area contributed by atoms with Crippen molar-refractivity contribution < 1.29 is 9.53 Å². The molecule has 122 valence electrons. The predicted octanol–water partition coefficient (Wildman–Crippen LogP) is 3.51. The highest BCUT2D eigenvalue weighted by Crippen LogP contribution is 2.22. The molecule has 1 heterocycles. The molecule has 2 aromatic carbocycles. The summed E-state index contributed by atoms with van der Waals surface area (Å²) >= 11 is 1.15. The summed E-state index contributed by atoms with van der Waals surface area (Å²) in [6.07, 6.45) is 1.69. The molecule has 0 saturated heterocycles. The van der Waals surface area contributed by atoms with Crippen molar-refractivity contribution >= 4 is 33.1 Å². The van der Waals surface area contributed by atoms with Gasteiger partial charge >= 0.3 is 4.87 Å². The van der Waals surface area contributed by atoms with E-state index >= 15 is 0 Å². The monoisotopic (exact) mass is 340 g/mol. The highest BCUT2D eigenvalue weighted by Gasteiger charge is 2.10. The molecule has 0 atom stereocenters. The number of ether oxygens (including phenoxy) is 1. The zero-order valence-electron chi connectivity index (χ0n) is 13.1. The number of fused-ring (bicyclic) bond motifs is 1. The van der Waals surface area contributed by atoms with Crippen molar-refractivity contribution in [3.63, 3.8) is 0 Å². The summed E-state index contributed by atoms with van der Waals surface area (Å²) in [5.41, 5.74) is 2.02. The Hall–Kier alpha value is -2.86. The lowest BCUT2D eigenvalue weighted by Crippen LogP contribution is -2.12. The molecule has 0 aliphatic carbocycles. The molecule has 24 heavy (non-hydrogen) atoms. The Morgan fingerprint density at radius 2 is 2.04 bits per heavy atom. The number of anilines is 1. The second kappa shape index (κ2) is 6.72. The SMILES string of the molecule is C=CCn1c(=O)sc2cc(NC(=O)c3ccc(OC)cc3)ccc21. The van der Waals surface area contributed by atoms with Gasteiger partial charge in [0.15, 0.2) is 0 Å². The van der Waals surface area contributed by atoms with Gasteiger partial charge in [-0.25, -0.2) is 0 Å². The second-order valence-corrected chi connectivity index (χ2v) is 6.13.